The second-order valence-electron chi connectivity index (χ2n) is 9.10. The van der Waals surface area contributed by atoms with Crippen molar-refractivity contribution in [2.75, 3.05) is 26.9 Å². The summed E-state index contributed by atoms with van der Waals surface area (Å²) in [5.74, 6) is 2.13. The van der Waals surface area contributed by atoms with E-state index in [0.29, 0.717) is 18.6 Å². The van der Waals surface area contributed by atoms with Crippen molar-refractivity contribution in [1.82, 2.24) is 5.32 Å². The van der Waals surface area contributed by atoms with Crippen LogP contribution < -0.4 is 14.8 Å². The van der Waals surface area contributed by atoms with E-state index >= 15 is 0 Å². The van der Waals surface area contributed by atoms with E-state index in [1.807, 2.05) is 13.0 Å². The number of rotatable bonds is 10. The highest BCUT2D eigenvalue weighted by Gasteiger charge is 2.39. The van der Waals surface area contributed by atoms with Crippen LogP contribution in [-0.2, 0) is 16.7 Å². The molecule has 0 spiro atoms. The van der Waals surface area contributed by atoms with Gasteiger partial charge < -0.3 is 19.5 Å². The number of hydrogen-bond acceptors (Lipinski definition) is 4. The van der Waals surface area contributed by atoms with E-state index in [-0.39, 0.29) is 5.41 Å². The average Bonchev–Trinajstić information content (AvgIpc) is 2.78. The Morgan fingerprint density at radius 2 is 1.90 bits per heavy atom. The van der Waals surface area contributed by atoms with Gasteiger partial charge in [0.25, 0.3) is 0 Å². The molecule has 1 saturated heterocycles. The van der Waals surface area contributed by atoms with Gasteiger partial charge in [0.2, 0.25) is 0 Å². The van der Waals surface area contributed by atoms with Crippen molar-refractivity contribution in [1.29, 1.82) is 0 Å². The van der Waals surface area contributed by atoms with Crippen LogP contribution in [0.3, 0.4) is 0 Å². The summed E-state index contributed by atoms with van der Waals surface area (Å²) in [6, 6.07) is 15.3. The second kappa shape index (κ2) is 11.0. The fraction of sp³-hybridized carbons (Fsp3) is 0.556. The van der Waals surface area contributed by atoms with Gasteiger partial charge in [0.1, 0.15) is 0 Å². The molecule has 0 radical (unpaired) electrons. The van der Waals surface area contributed by atoms with E-state index in [1.54, 1.807) is 7.11 Å². The number of benzene rings is 2. The minimum Gasteiger partial charge on any atom is -0.493 e. The molecule has 0 amide bonds. The largest absolute Gasteiger partial charge is 0.493 e. The summed E-state index contributed by atoms with van der Waals surface area (Å²) >= 11 is 0. The molecule has 170 valence electrons. The molecule has 1 aliphatic heterocycles. The quantitative estimate of drug-likeness (QED) is 0.499. The third-order valence-corrected chi connectivity index (χ3v) is 6.55. The van der Waals surface area contributed by atoms with Gasteiger partial charge in [-0.1, -0.05) is 49.7 Å². The minimum absolute atomic E-state index is 0.171. The van der Waals surface area contributed by atoms with Crippen molar-refractivity contribution >= 4 is 0 Å². The van der Waals surface area contributed by atoms with Crippen LogP contribution in [0.15, 0.2) is 42.5 Å². The molecular weight excluding hydrogens is 386 g/mol. The minimum atomic E-state index is 0.171. The lowest BCUT2D eigenvalue weighted by Crippen LogP contribution is -2.42. The maximum absolute atomic E-state index is 6.13. The molecule has 31 heavy (non-hydrogen) atoms. The van der Waals surface area contributed by atoms with Gasteiger partial charge >= 0.3 is 0 Å². The Balaban J connectivity index is 1.66. The van der Waals surface area contributed by atoms with Crippen molar-refractivity contribution in [2.45, 2.75) is 65.0 Å². The summed E-state index contributed by atoms with van der Waals surface area (Å²) in [7, 11) is 1.69. The molecule has 0 saturated carbocycles. The maximum Gasteiger partial charge on any atom is 0.161 e. The highest BCUT2D eigenvalue weighted by molar-refractivity contribution is 5.43. The van der Waals surface area contributed by atoms with Gasteiger partial charge in [-0.25, -0.2) is 0 Å². The van der Waals surface area contributed by atoms with Gasteiger partial charge in [-0.15, -0.1) is 0 Å². The highest BCUT2D eigenvalue weighted by Crippen LogP contribution is 2.41. The molecule has 1 fully saturated rings. The Morgan fingerprint density at radius 3 is 2.58 bits per heavy atom. The van der Waals surface area contributed by atoms with Crippen LogP contribution in [0.1, 0.15) is 56.7 Å². The lowest BCUT2D eigenvalue weighted by molar-refractivity contribution is -0.0469. The summed E-state index contributed by atoms with van der Waals surface area (Å²) in [5, 5.41) is 3.66. The van der Waals surface area contributed by atoms with Crippen molar-refractivity contribution in [3.8, 4) is 11.5 Å². The van der Waals surface area contributed by atoms with Gasteiger partial charge in [-0.2, -0.15) is 0 Å². The molecule has 1 heterocycles. The molecule has 1 aliphatic rings. The SMILES string of the molecule is CCOc1ccc(CNCCC2(c3ccc(C)cc3)CCOC(C(C)C)C2)cc1OC. The van der Waals surface area contributed by atoms with Crippen LogP contribution in [0.25, 0.3) is 0 Å². The summed E-state index contributed by atoms with van der Waals surface area (Å²) < 4.78 is 17.2. The molecule has 4 heteroatoms. The third-order valence-electron chi connectivity index (χ3n) is 6.55. The molecule has 4 nitrogen and oxygen atoms in total. The van der Waals surface area contributed by atoms with Gasteiger partial charge in [-0.05, 0) is 68.8 Å². The lowest BCUT2D eigenvalue weighted by atomic mass is 9.68. The predicted octanol–water partition coefficient (Wildman–Crippen LogP) is 5.66. The standard InChI is InChI=1S/C27H39NO3/c1-6-30-24-12-9-22(17-25(24)29-5)19-28-15-13-27(23-10-7-21(4)8-11-23)14-16-31-26(18-27)20(2)3/h7-12,17,20,26,28H,6,13-16,18-19H2,1-5H3. The van der Waals surface area contributed by atoms with Crippen LogP contribution in [0.5, 0.6) is 11.5 Å². The van der Waals surface area contributed by atoms with Crippen molar-refractivity contribution in [2.24, 2.45) is 5.92 Å². The highest BCUT2D eigenvalue weighted by atomic mass is 16.5. The number of aryl methyl sites for hydroxylation is 1. The Kier molecular flexibility index (Phi) is 8.39. The number of methoxy groups -OCH3 is 1. The zero-order chi connectivity index (χ0) is 22.3. The topological polar surface area (TPSA) is 39.7 Å². The summed E-state index contributed by atoms with van der Waals surface area (Å²) in [4.78, 5) is 0. The Bertz CT molecular complexity index is 818. The number of hydrogen-bond donors (Lipinski definition) is 1. The fourth-order valence-corrected chi connectivity index (χ4v) is 4.58. The number of ether oxygens (including phenoxy) is 3. The second-order valence-corrected chi connectivity index (χ2v) is 9.10. The van der Waals surface area contributed by atoms with E-state index in [0.717, 1.165) is 50.5 Å². The average molecular weight is 426 g/mol. The van der Waals surface area contributed by atoms with E-state index in [9.17, 15) is 0 Å². The zero-order valence-electron chi connectivity index (χ0n) is 19.9. The molecule has 2 unspecified atom stereocenters. The molecule has 2 aromatic carbocycles. The monoisotopic (exact) mass is 425 g/mol. The van der Waals surface area contributed by atoms with Crippen LogP contribution >= 0.6 is 0 Å². The Labute approximate surface area is 188 Å². The van der Waals surface area contributed by atoms with Gasteiger partial charge in [0, 0.05) is 18.6 Å². The summed E-state index contributed by atoms with van der Waals surface area (Å²) in [6.07, 6.45) is 3.60. The first-order valence-corrected chi connectivity index (χ1v) is 11.7. The molecule has 2 aromatic rings. The predicted molar refractivity (Wildman–Crippen MR) is 127 cm³/mol. The van der Waals surface area contributed by atoms with E-state index < -0.39 is 0 Å². The molecule has 1 N–H and O–H groups in total. The normalized spacial score (nSPS) is 21.3. The van der Waals surface area contributed by atoms with E-state index in [2.05, 4.69) is 62.5 Å². The third kappa shape index (κ3) is 6.02. The van der Waals surface area contributed by atoms with Gasteiger partial charge in [0.15, 0.2) is 11.5 Å². The first-order chi connectivity index (χ1) is 15.0. The summed E-state index contributed by atoms with van der Waals surface area (Å²) in [6.45, 7) is 11.9. The van der Waals surface area contributed by atoms with Crippen LogP contribution in [0.4, 0.5) is 0 Å². The zero-order valence-corrected chi connectivity index (χ0v) is 19.9. The lowest BCUT2D eigenvalue weighted by Gasteiger charge is -2.43. The van der Waals surface area contributed by atoms with Crippen LogP contribution in [-0.4, -0.2) is 33.0 Å². The molecule has 2 atom stereocenters. The summed E-state index contributed by atoms with van der Waals surface area (Å²) in [5.41, 5.74) is 4.15. The molecular formula is C27H39NO3. The Morgan fingerprint density at radius 1 is 1.13 bits per heavy atom. The van der Waals surface area contributed by atoms with Crippen LogP contribution in [0.2, 0.25) is 0 Å². The van der Waals surface area contributed by atoms with E-state index in [4.69, 9.17) is 14.2 Å². The maximum atomic E-state index is 6.13. The van der Waals surface area contributed by atoms with Crippen molar-refractivity contribution in [3.63, 3.8) is 0 Å². The fourth-order valence-electron chi connectivity index (χ4n) is 4.58. The number of nitrogens with one attached hydrogen (secondary N) is 1. The van der Waals surface area contributed by atoms with Gasteiger partial charge in [0.05, 0.1) is 19.8 Å². The van der Waals surface area contributed by atoms with Crippen LogP contribution in [0, 0.1) is 12.8 Å². The molecule has 0 aromatic heterocycles. The molecule has 0 aliphatic carbocycles. The Hall–Kier alpha value is -2.04. The van der Waals surface area contributed by atoms with Gasteiger partial charge in [-0.3, -0.25) is 0 Å². The first-order valence-electron chi connectivity index (χ1n) is 11.7. The van der Waals surface area contributed by atoms with Crippen molar-refractivity contribution in [3.05, 3.63) is 59.2 Å². The molecule has 0 bridgehead atoms. The molecule has 3 rings (SSSR count). The smallest absolute Gasteiger partial charge is 0.161 e. The van der Waals surface area contributed by atoms with Crippen molar-refractivity contribution < 1.29 is 14.2 Å². The van der Waals surface area contributed by atoms with E-state index in [1.165, 1.54) is 16.7 Å². The first kappa shape index (κ1) is 23.6.